The number of esters is 1. The summed E-state index contributed by atoms with van der Waals surface area (Å²) in [6.45, 7) is 6.08. The Balaban J connectivity index is 2.62. The van der Waals surface area contributed by atoms with E-state index in [2.05, 4.69) is 10.3 Å². The average molecular weight is 304 g/mol. The molecule has 1 aromatic rings. The van der Waals surface area contributed by atoms with Crippen molar-refractivity contribution in [2.24, 2.45) is 0 Å². The second-order valence-corrected chi connectivity index (χ2v) is 7.24. The molecule has 0 radical (unpaired) electrons. The van der Waals surface area contributed by atoms with Gasteiger partial charge in [-0.25, -0.2) is 4.98 Å². The smallest absolute Gasteiger partial charge is 0.317 e. The summed E-state index contributed by atoms with van der Waals surface area (Å²) in [7, 11) is 0.591. The van der Waals surface area contributed by atoms with Gasteiger partial charge in [-0.1, -0.05) is 6.92 Å². The van der Waals surface area contributed by atoms with Crippen LogP contribution in [0, 0.1) is 0 Å². The third-order valence-corrected chi connectivity index (χ3v) is 4.87. The Labute approximate surface area is 120 Å². The molecule has 0 aliphatic carbocycles. The number of aromatic nitrogens is 1. The molecule has 0 fully saturated rings. The maximum absolute atomic E-state index is 11.7. The summed E-state index contributed by atoms with van der Waals surface area (Å²) in [6.07, 6.45) is 0. The van der Waals surface area contributed by atoms with Gasteiger partial charge in [-0.2, -0.15) is 0 Å². The first-order valence-corrected chi connectivity index (χ1v) is 8.41. The highest BCUT2D eigenvalue weighted by Crippen LogP contribution is 2.28. The molecule has 0 bridgehead atoms. The highest BCUT2D eigenvalue weighted by atomic mass is 32.2. The van der Waals surface area contributed by atoms with Gasteiger partial charge in [-0.05, 0) is 13.8 Å². The van der Waals surface area contributed by atoms with Crippen molar-refractivity contribution in [3.05, 3.63) is 11.1 Å². The zero-order chi connectivity index (χ0) is 14.5. The molecule has 0 spiro atoms. The number of hydrogen-bond acceptors (Lipinski definition) is 6. The van der Waals surface area contributed by atoms with Crippen molar-refractivity contribution in [2.45, 2.75) is 26.2 Å². The van der Waals surface area contributed by atoms with Crippen LogP contribution in [0.2, 0.25) is 0 Å². The minimum Gasteiger partial charge on any atom is -0.468 e. The summed E-state index contributed by atoms with van der Waals surface area (Å²) in [4.78, 5) is 16.0. The third-order valence-electron chi connectivity index (χ3n) is 2.77. The topological polar surface area (TPSA) is 68.3 Å². The molecule has 5 nitrogen and oxygen atoms in total. The Morgan fingerprint density at radius 3 is 2.84 bits per heavy atom. The maximum atomic E-state index is 11.7. The predicted octanol–water partition coefficient (Wildman–Crippen LogP) is 1.77. The summed E-state index contributed by atoms with van der Waals surface area (Å²) >= 11 is 1.43. The Kier molecular flexibility index (Phi) is 5.93. The van der Waals surface area contributed by atoms with E-state index in [0.29, 0.717) is 23.7 Å². The van der Waals surface area contributed by atoms with Gasteiger partial charge in [0.05, 0.1) is 12.8 Å². The summed E-state index contributed by atoms with van der Waals surface area (Å²) in [5.74, 6) is 0.961. The number of rotatable bonds is 7. The van der Waals surface area contributed by atoms with Crippen LogP contribution in [0.1, 0.15) is 26.5 Å². The molecule has 0 aliphatic rings. The van der Waals surface area contributed by atoms with Gasteiger partial charge < -0.3 is 10.1 Å². The van der Waals surface area contributed by atoms with E-state index in [1.165, 1.54) is 18.4 Å². The SMILES string of the molecule is CCS(=O)CCNc1nc(C(C)(C)C(=O)OC)cs1. The number of nitrogens with zero attached hydrogens (tertiary/aromatic N) is 1. The molecule has 19 heavy (non-hydrogen) atoms. The van der Waals surface area contributed by atoms with E-state index in [4.69, 9.17) is 4.74 Å². The van der Waals surface area contributed by atoms with E-state index in [-0.39, 0.29) is 5.97 Å². The Bertz CT molecular complexity index is 458. The fourth-order valence-corrected chi connectivity index (χ4v) is 2.94. The standard InChI is InChI=1S/C12H20N2O3S2/c1-5-19(16)7-6-13-11-14-9(8-18-11)12(2,3)10(15)17-4/h8H,5-7H2,1-4H3,(H,13,14). The average Bonchev–Trinajstić information content (AvgIpc) is 2.86. The van der Waals surface area contributed by atoms with E-state index >= 15 is 0 Å². The molecule has 1 rings (SSSR count). The molecule has 7 heteroatoms. The third kappa shape index (κ3) is 4.28. The number of thiazole rings is 1. The quantitative estimate of drug-likeness (QED) is 0.778. The highest BCUT2D eigenvalue weighted by molar-refractivity contribution is 7.84. The van der Waals surface area contributed by atoms with E-state index in [1.807, 2.05) is 12.3 Å². The minimum absolute atomic E-state index is 0.309. The van der Waals surface area contributed by atoms with Crippen LogP contribution in [0.15, 0.2) is 5.38 Å². The lowest BCUT2D eigenvalue weighted by molar-refractivity contribution is -0.146. The van der Waals surface area contributed by atoms with E-state index < -0.39 is 16.2 Å². The number of hydrogen-bond donors (Lipinski definition) is 1. The van der Waals surface area contributed by atoms with Crippen molar-refractivity contribution in [1.29, 1.82) is 0 Å². The number of carbonyl (C=O) groups is 1. The maximum Gasteiger partial charge on any atom is 0.317 e. The molecule has 0 aliphatic heterocycles. The second kappa shape index (κ2) is 7.00. The molecule has 0 saturated carbocycles. The van der Waals surface area contributed by atoms with E-state index in [0.717, 1.165) is 5.13 Å². The van der Waals surface area contributed by atoms with Crippen LogP contribution in [0.25, 0.3) is 0 Å². The van der Waals surface area contributed by atoms with Crippen molar-refractivity contribution in [2.75, 3.05) is 30.5 Å². The van der Waals surface area contributed by atoms with Gasteiger partial charge in [-0.3, -0.25) is 9.00 Å². The number of nitrogens with one attached hydrogen (secondary N) is 1. The fourth-order valence-electron chi connectivity index (χ4n) is 1.42. The van der Waals surface area contributed by atoms with Crippen LogP contribution in [-0.2, 0) is 25.7 Å². The minimum atomic E-state index is -0.779. The molecule has 0 saturated heterocycles. The molecular formula is C12H20N2O3S2. The Morgan fingerprint density at radius 2 is 2.26 bits per heavy atom. The van der Waals surface area contributed by atoms with Crippen LogP contribution < -0.4 is 5.32 Å². The van der Waals surface area contributed by atoms with Crippen LogP contribution >= 0.6 is 11.3 Å². The van der Waals surface area contributed by atoms with Gasteiger partial charge in [0.15, 0.2) is 5.13 Å². The van der Waals surface area contributed by atoms with Gasteiger partial charge in [0, 0.05) is 34.2 Å². The fraction of sp³-hybridized carbons (Fsp3) is 0.667. The summed E-state index contributed by atoms with van der Waals surface area (Å²) in [5.41, 5.74) is -0.0688. The van der Waals surface area contributed by atoms with E-state index in [1.54, 1.807) is 13.8 Å². The van der Waals surface area contributed by atoms with Gasteiger partial charge >= 0.3 is 5.97 Å². The number of anilines is 1. The van der Waals surface area contributed by atoms with Crippen LogP contribution in [-0.4, -0.2) is 40.3 Å². The van der Waals surface area contributed by atoms with Crippen LogP contribution in [0.3, 0.4) is 0 Å². The highest BCUT2D eigenvalue weighted by Gasteiger charge is 2.33. The largest absolute Gasteiger partial charge is 0.468 e. The van der Waals surface area contributed by atoms with Crippen molar-refractivity contribution in [3.63, 3.8) is 0 Å². The van der Waals surface area contributed by atoms with Gasteiger partial charge in [0.2, 0.25) is 0 Å². The molecule has 1 N–H and O–H groups in total. The van der Waals surface area contributed by atoms with Crippen LogP contribution in [0.5, 0.6) is 0 Å². The number of carbonyl (C=O) groups excluding carboxylic acids is 1. The molecule has 1 atom stereocenters. The normalized spacial score (nSPS) is 13.1. The Morgan fingerprint density at radius 1 is 1.58 bits per heavy atom. The predicted molar refractivity (Wildman–Crippen MR) is 79.2 cm³/mol. The van der Waals surface area contributed by atoms with Crippen molar-refractivity contribution in [1.82, 2.24) is 4.98 Å². The zero-order valence-electron chi connectivity index (χ0n) is 11.7. The molecular weight excluding hydrogens is 284 g/mol. The van der Waals surface area contributed by atoms with Crippen molar-refractivity contribution >= 4 is 33.2 Å². The molecule has 0 aromatic carbocycles. The van der Waals surface area contributed by atoms with Crippen molar-refractivity contribution < 1.29 is 13.7 Å². The molecule has 1 unspecified atom stereocenters. The lowest BCUT2D eigenvalue weighted by atomic mass is 9.90. The van der Waals surface area contributed by atoms with Crippen LogP contribution in [0.4, 0.5) is 5.13 Å². The summed E-state index contributed by atoms with van der Waals surface area (Å²) in [6, 6.07) is 0. The molecule has 0 amide bonds. The zero-order valence-corrected chi connectivity index (χ0v) is 13.3. The lowest BCUT2D eigenvalue weighted by Gasteiger charge is -2.18. The van der Waals surface area contributed by atoms with Gasteiger partial charge in [-0.15, -0.1) is 11.3 Å². The first-order valence-electron chi connectivity index (χ1n) is 6.05. The van der Waals surface area contributed by atoms with Gasteiger partial charge in [0.1, 0.15) is 5.41 Å². The molecule has 1 heterocycles. The monoisotopic (exact) mass is 304 g/mol. The first kappa shape index (κ1) is 16.1. The molecule has 108 valence electrons. The Hall–Kier alpha value is -0.950. The summed E-state index contributed by atoms with van der Waals surface area (Å²) in [5, 5.41) is 5.70. The lowest BCUT2D eigenvalue weighted by Crippen LogP contribution is -2.30. The summed E-state index contributed by atoms with van der Waals surface area (Å²) < 4.78 is 16.1. The number of ether oxygens (including phenoxy) is 1. The van der Waals surface area contributed by atoms with Crippen molar-refractivity contribution in [3.8, 4) is 0 Å². The second-order valence-electron chi connectivity index (χ2n) is 4.51. The molecule has 1 aromatic heterocycles. The van der Waals surface area contributed by atoms with Gasteiger partial charge in [0.25, 0.3) is 0 Å². The first-order chi connectivity index (χ1) is 8.91. The number of methoxy groups -OCH3 is 1. The van der Waals surface area contributed by atoms with E-state index in [9.17, 15) is 9.00 Å².